The molecule has 2 aromatic carbocycles. The molecular formula is C22H28N2O. The lowest BCUT2D eigenvalue weighted by atomic mass is 9.98. The standard InChI is InChI=1S/C22H28N2O/c1-14-8-9-20-19(13-14)7-6-10-24(20)18(5)22(25)23-21-16(3)11-15(2)12-17(21)4/h8-9,11-13,18H,6-7,10H2,1-5H3,(H,23,25)/t18-/m1/s1. The van der Waals surface area contributed by atoms with Crippen LogP contribution < -0.4 is 10.2 Å². The third-order valence-electron chi connectivity index (χ3n) is 5.16. The Morgan fingerprint density at radius 3 is 2.40 bits per heavy atom. The molecule has 0 aliphatic carbocycles. The zero-order chi connectivity index (χ0) is 18.1. The molecule has 0 bridgehead atoms. The van der Waals surface area contributed by atoms with E-state index in [-0.39, 0.29) is 11.9 Å². The summed E-state index contributed by atoms with van der Waals surface area (Å²) in [6.07, 6.45) is 2.19. The molecule has 3 nitrogen and oxygen atoms in total. The molecule has 25 heavy (non-hydrogen) atoms. The Kier molecular flexibility index (Phi) is 4.85. The highest BCUT2D eigenvalue weighted by atomic mass is 16.2. The van der Waals surface area contributed by atoms with Crippen LogP contribution in [0.5, 0.6) is 0 Å². The van der Waals surface area contributed by atoms with Crippen molar-refractivity contribution in [2.75, 3.05) is 16.8 Å². The fraction of sp³-hybridized carbons (Fsp3) is 0.409. The van der Waals surface area contributed by atoms with E-state index in [4.69, 9.17) is 0 Å². The molecule has 0 unspecified atom stereocenters. The first-order chi connectivity index (χ1) is 11.9. The molecule has 1 atom stereocenters. The molecule has 1 aliphatic heterocycles. The number of aryl methyl sites for hydroxylation is 5. The molecule has 0 radical (unpaired) electrons. The number of nitrogens with one attached hydrogen (secondary N) is 1. The summed E-state index contributed by atoms with van der Waals surface area (Å²) in [5.41, 5.74) is 8.25. The minimum atomic E-state index is -0.193. The van der Waals surface area contributed by atoms with Crippen LogP contribution in [0, 0.1) is 27.7 Å². The average molecular weight is 336 g/mol. The number of rotatable bonds is 3. The summed E-state index contributed by atoms with van der Waals surface area (Å²) in [5.74, 6) is 0.0588. The molecule has 3 rings (SSSR count). The Bertz CT molecular complexity index is 787. The van der Waals surface area contributed by atoms with Crippen LogP contribution in [0.1, 0.15) is 41.2 Å². The van der Waals surface area contributed by atoms with Gasteiger partial charge in [0.25, 0.3) is 0 Å². The third kappa shape index (κ3) is 3.55. The highest BCUT2D eigenvalue weighted by Gasteiger charge is 2.26. The van der Waals surface area contributed by atoms with E-state index in [1.807, 2.05) is 6.92 Å². The number of anilines is 2. The molecule has 3 heteroatoms. The van der Waals surface area contributed by atoms with Crippen LogP contribution in [0.3, 0.4) is 0 Å². The summed E-state index contributed by atoms with van der Waals surface area (Å²) in [5, 5.41) is 3.16. The SMILES string of the molecule is Cc1cc(C)c(NC(=O)[C@@H](C)N2CCCc3cc(C)ccc32)c(C)c1. The van der Waals surface area contributed by atoms with E-state index < -0.39 is 0 Å². The number of nitrogens with zero attached hydrogens (tertiary/aromatic N) is 1. The zero-order valence-electron chi connectivity index (χ0n) is 15.9. The van der Waals surface area contributed by atoms with Crippen LogP contribution in [0.4, 0.5) is 11.4 Å². The highest BCUT2D eigenvalue weighted by Crippen LogP contribution is 2.30. The molecular weight excluding hydrogens is 308 g/mol. The maximum absolute atomic E-state index is 12.9. The lowest BCUT2D eigenvalue weighted by Gasteiger charge is -2.35. The Morgan fingerprint density at radius 1 is 1.04 bits per heavy atom. The largest absolute Gasteiger partial charge is 0.360 e. The summed E-state index contributed by atoms with van der Waals surface area (Å²) in [6, 6.07) is 10.6. The van der Waals surface area contributed by atoms with Gasteiger partial charge in [-0.2, -0.15) is 0 Å². The van der Waals surface area contributed by atoms with Crippen LogP contribution >= 0.6 is 0 Å². The van der Waals surface area contributed by atoms with Crippen molar-refractivity contribution in [1.82, 2.24) is 0 Å². The van der Waals surface area contributed by atoms with Crippen LogP contribution in [0.25, 0.3) is 0 Å². The molecule has 1 aliphatic rings. The van der Waals surface area contributed by atoms with E-state index in [1.165, 1.54) is 22.4 Å². The molecule has 1 heterocycles. The highest BCUT2D eigenvalue weighted by molar-refractivity contribution is 5.98. The van der Waals surface area contributed by atoms with Crippen molar-refractivity contribution in [2.45, 2.75) is 53.5 Å². The monoisotopic (exact) mass is 336 g/mol. The van der Waals surface area contributed by atoms with E-state index >= 15 is 0 Å². The Labute approximate surface area is 151 Å². The van der Waals surface area contributed by atoms with Gasteiger partial charge < -0.3 is 10.2 Å². The summed E-state index contributed by atoms with van der Waals surface area (Å²) in [6.45, 7) is 11.2. The first kappa shape index (κ1) is 17.5. The van der Waals surface area contributed by atoms with Crippen molar-refractivity contribution >= 4 is 17.3 Å². The van der Waals surface area contributed by atoms with Gasteiger partial charge in [0.05, 0.1) is 0 Å². The Hall–Kier alpha value is -2.29. The van der Waals surface area contributed by atoms with Gasteiger partial charge >= 0.3 is 0 Å². The normalized spacial score (nSPS) is 14.8. The first-order valence-corrected chi connectivity index (χ1v) is 9.11. The molecule has 2 aromatic rings. The molecule has 1 N–H and O–H groups in total. The van der Waals surface area contributed by atoms with Crippen molar-refractivity contribution in [2.24, 2.45) is 0 Å². The second-order valence-electron chi connectivity index (χ2n) is 7.37. The topological polar surface area (TPSA) is 32.3 Å². The van der Waals surface area contributed by atoms with E-state index in [0.717, 1.165) is 36.2 Å². The molecule has 0 saturated carbocycles. The van der Waals surface area contributed by atoms with Gasteiger partial charge in [-0.3, -0.25) is 4.79 Å². The van der Waals surface area contributed by atoms with Gasteiger partial charge in [0, 0.05) is 17.9 Å². The van der Waals surface area contributed by atoms with Crippen molar-refractivity contribution in [3.05, 3.63) is 58.1 Å². The molecule has 132 valence electrons. The minimum absolute atomic E-state index is 0.0588. The van der Waals surface area contributed by atoms with Crippen molar-refractivity contribution in [1.29, 1.82) is 0 Å². The molecule has 0 spiro atoms. The second-order valence-corrected chi connectivity index (χ2v) is 7.37. The summed E-state index contributed by atoms with van der Waals surface area (Å²) in [4.78, 5) is 15.2. The fourth-order valence-electron chi connectivity index (χ4n) is 3.90. The van der Waals surface area contributed by atoms with Gasteiger partial charge in [0.1, 0.15) is 6.04 Å². The molecule has 0 fully saturated rings. The van der Waals surface area contributed by atoms with Gasteiger partial charge in [-0.1, -0.05) is 35.4 Å². The van der Waals surface area contributed by atoms with Crippen molar-refractivity contribution < 1.29 is 4.79 Å². The van der Waals surface area contributed by atoms with Crippen LogP contribution in [-0.4, -0.2) is 18.5 Å². The quantitative estimate of drug-likeness (QED) is 0.881. The smallest absolute Gasteiger partial charge is 0.246 e. The summed E-state index contributed by atoms with van der Waals surface area (Å²) in [7, 11) is 0. The van der Waals surface area contributed by atoms with Crippen LogP contribution in [-0.2, 0) is 11.2 Å². The predicted octanol–water partition coefficient (Wildman–Crippen LogP) is 4.70. The van der Waals surface area contributed by atoms with Gasteiger partial charge in [0.15, 0.2) is 0 Å². The van der Waals surface area contributed by atoms with Crippen LogP contribution in [0.2, 0.25) is 0 Å². The molecule has 0 saturated heterocycles. The van der Waals surface area contributed by atoms with E-state index in [1.54, 1.807) is 0 Å². The van der Waals surface area contributed by atoms with E-state index in [0.29, 0.717) is 0 Å². The predicted molar refractivity (Wildman–Crippen MR) is 106 cm³/mol. The number of fused-ring (bicyclic) bond motifs is 1. The van der Waals surface area contributed by atoms with Gasteiger partial charge in [0.2, 0.25) is 5.91 Å². The minimum Gasteiger partial charge on any atom is -0.360 e. The Morgan fingerprint density at radius 2 is 1.72 bits per heavy atom. The van der Waals surface area contributed by atoms with Gasteiger partial charge in [-0.15, -0.1) is 0 Å². The summed E-state index contributed by atoms with van der Waals surface area (Å²) >= 11 is 0. The number of carbonyl (C=O) groups is 1. The van der Waals surface area contributed by atoms with E-state index in [2.05, 4.69) is 68.2 Å². The Balaban J connectivity index is 1.83. The van der Waals surface area contributed by atoms with E-state index in [9.17, 15) is 4.79 Å². The number of hydrogen-bond donors (Lipinski definition) is 1. The summed E-state index contributed by atoms with van der Waals surface area (Å²) < 4.78 is 0. The fourth-order valence-corrected chi connectivity index (χ4v) is 3.90. The number of hydrogen-bond acceptors (Lipinski definition) is 2. The third-order valence-corrected chi connectivity index (χ3v) is 5.16. The number of carbonyl (C=O) groups excluding carboxylic acids is 1. The number of amides is 1. The number of benzene rings is 2. The van der Waals surface area contributed by atoms with Crippen LogP contribution in [0.15, 0.2) is 30.3 Å². The lowest BCUT2D eigenvalue weighted by Crippen LogP contribution is -2.44. The zero-order valence-corrected chi connectivity index (χ0v) is 15.9. The van der Waals surface area contributed by atoms with Gasteiger partial charge in [-0.25, -0.2) is 0 Å². The molecule has 0 aromatic heterocycles. The van der Waals surface area contributed by atoms with Crippen molar-refractivity contribution in [3.63, 3.8) is 0 Å². The average Bonchev–Trinajstić information content (AvgIpc) is 2.56. The maximum atomic E-state index is 12.9. The first-order valence-electron chi connectivity index (χ1n) is 9.11. The maximum Gasteiger partial charge on any atom is 0.246 e. The lowest BCUT2D eigenvalue weighted by molar-refractivity contribution is -0.117. The van der Waals surface area contributed by atoms with Gasteiger partial charge in [-0.05, 0) is 70.2 Å². The molecule has 1 amide bonds. The second kappa shape index (κ2) is 6.91. The van der Waals surface area contributed by atoms with Crippen molar-refractivity contribution in [3.8, 4) is 0 Å².